The van der Waals surface area contributed by atoms with E-state index in [2.05, 4.69) is 25.6 Å². The minimum absolute atomic E-state index is 0.435. The highest BCUT2D eigenvalue weighted by Gasteiger charge is 2.17. The molecule has 4 rings (SSSR count). The van der Waals surface area contributed by atoms with Crippen molar-refractivity contribution in [1.29, 1.82) is 0 Å². The van der Waals surface area contributed by atoms with Crippen molar-refractivity contribution in [2.45, 2.75) is 20.3 Å². The summed E-state index contributed by atoms with van der Waals surface area (Å²) < 4.78 is 10.6. The van der Waals surface area contributed by atoms with E-state index in [1.54, 1.807) is 0 Å². The number of hydrogen-bond donors (Lipinski definition) is 1. The third-order valence-electron chi connectivity index (χ3n) is 4.24. The Balaban J connectivity index is 1.63. The van der Waals surface area contributed by atoms with Crippen LogP contribution >= 0.6 is 11.6 Å². The van der Waals surface area contributed by atoms with Gasteiger partial charge in [0.2, 0.25) is 0 Å². The maximum atomic E-state index is 5.97. The smallest absolute Gasteiger partial charge is 0.263 e. The van der Waals surface area contributed by atoms with E-state index in [0.717, 1.165) is 34.4 Å². The van der Waals surface area contributed by atoms with Gasteiger partial charge in [0.25, 0.3) is 5.71 Å². The van der Waals surface area contributed by atoms with Crippen molar-refractivity contribution in [2.75, 3.05) is 11.9 Å². The van der Waals surface area contributed by atoms with Gasteiger partial charge in [-0.15, -0.1) is 0 Å². The van der Waals surface area contributed by atoms with E-state index >= 15 is 0 Å². The van der Waals surface area contributed by atoms with Crippen LogP contribution in [-0.2, 0) is 6.42 Å². The highest BCUT2D eigenvalue weighted by molar-refractivity contribution is 6.30. The Morgan fingerprint density at radius 2 is 1.85 bits per heavy atom. The number of aromatic nitrogens is 4. The van der Waals surface area contributed by atoms with Gasteiger partial charge in [-0.3, -0.25) is 0 Å². The average molecular weight is 370 g/mol. The van der Waals surface area contributed by atoms with Crippen LogP contribution in [0.15, 0.2) is 39.6 Å². The van der Waals surface area contributed by atoms with Crippen LogP contribution in [0, 0.1) is 13.8 Å². The second kappa shape index (κ2) is 6.76. The van der Waals surface area contributed by atoms with Gasteiger partial charge in [-0.1, -0.05) is 34.0 Å². The molecule has 26 heavy (non-hydrogen) atoms. The fourth-order valence-corrected chi connectivity index (χ4v) is 3.02. The molecule has 3 heterocycles. The first-order valence-corrected chi connectivity index (χ1v) is 8.53. The number of benzene rings is 1. The van der Waals surface area contributed by atoms with Crippen LogP contribution in [-0.4, -0.2) is 26.8 Å². The van der Waals surface area contributed by atoms with Crippen LogP contribution < -0.4 is 5.32 Å². The molecule has 3 aromatic heterocycles. The summed E-state index contributed by atoms with van der Waals surface area (Å²) in [5.41, 5.74) is 4.01. The molecule has 7 nitrogen and oxygen atoms in total. The summed E-state index contributed by atoms with van der Waals surface area (Å²) >= 11 is 5.97. The Labute approximate surface area is 154 Å². The molecule has 0 aliphatic heterocycles. The van der Waals surface area contributed by atoms with Crippen LogP contribution in [0.4, 0.5) is 5.82 Å². The summed E-state index contributed by atoms with van der Waals surface area (Å²) in [6.07, 6.45) is 2.23. The minimum atomic E-state index is 0.435. The monoisotopic (exact) mass is 369 g/mol. The van der Waals surface area contributed by atoms with Gasteiger partial charge in [-0.2, -0.15) is 4.98 Å². The average Bonchev–Trinajstić information content (AvgIpc) is 3.21. The normalized spacial score (nSPS) is 11.2. The first kappa shape index (κ1) is 16.5. The number of nitrogens with one attached hydrogen (secondary N) is 1. The lowest BCUT2D eigenvalue weighted by molar-refractivity contribution is 0.392. The Bertz CT molecular complexity index is 1040. The van der Waals surface area contributed by atoms with E-state index in [9.17, 15) is 0 Å². The third-order valence-corrected chi connectivity index (χ3v) is 4.49. The predicted molar refractivity (Wildman–Crippen MR) is 98.2 cm³/mol. The Morgan fingerprint density at radius 3 is 2.58 bits per heavy atom. The summed E-state index contributed by atoms with van der Waals surface area (Å²) in [5.74, 6) is 1.51. The number of anilines is 1. The fourth-order valence-electron chi connectivity index (χ4n) is 2.89. The summed E-state index contributed by atoms with van der Waals surface area (Å²) in [6.45, 7) is 4.52. The summed E-state index contributed by atoms with van der Waals surface area (Å²) in [4.78, 5) is 8.52. The third kappa shape index (κ3) is 3.01. The van der Waals surface area contributed by atoms with E-state index < -0.39 is 0 Å². The summed E-state index contributed by atoms with van der Waals surface area (Å²) in [5, 5.41) is 12.9. The molecule has 0 aliphatic carbocycles. The Kier molecular flexibility index (Phi) is 4.30. The second-order valence-electron chi connectivity index (χ2n) is 5.92. The quantitative estimate of drug-likeness (QED) is 0.563. The largest absolute Gasteiger partial charge is 0.369 e. The zero-order valence-corrected chi connectivity index (χ0v) is 15.0. The zero-order valence-electron chi connectivity index (χ0n) is 14.3. The second-order valence-corrected chi connectivity index (χ2v) is 6.36. The molecular weight excluding hydrogens is 354 g/mol. The van der Waals surface area contributed by atoms with Crippen LogP contribution in [0.5, 0.6) is 0 Å². The molecule has 1 aromatic carbocycles. The van der Waals surface area contributed by atoms with Gasteiger partial charge in [0.05, 0.1) is 5.69 Å². The Morgan fingerprint density at radius 1 is 1.04 bits per heavy atom. The molecule has 0 aliphatic rings. The summed E-state index contributed by atoms with van der Waals surface area (Å²) in [7, 11) is 0. The molecule has 0 radical (unpaired) electrons. The fraction of sp³-hybridized carbons (Fsp3) is 0.222. The number of nitrogens with zero attached hydrogens (tertiary/aromatic N) is 4. The van der Waals surface area contributed by atoms with E-state index in [1.807, 2.05) is 38.1 Å². The number of fused-ring (bicyclic) bond motifs is 1. The molecule has 0 spiro atoms. The SMILES string of the molecule is Cc1noc(C)c1CCNc1ncnc2onc(-c3ccc(Cl)cc3)c12. The molecule has 0 saturated carbocycles. The first-order valence-electron chi connectivity index (χ1n) is 8.15. The van der Waals surface area contributed by atoms with Crippen LogP contribution in [0.25, 0.3) is 22.4 Å². The van der Waals surface area contributed by atoms with Crippen molar-refractivity contribution in [3.8, 4) is 11.3 Å². The van der Waals surface area contributed by atoms with Gasteiger partial charge in [-0.05, 0) is 32.4 Å². The molecule has 0 atom stereocenters. The standard InChI is InChI=1S/C18H16ClN5O2/c1-10-14(11(2)25-23-10)7-8-20-17-15-16(12-3-5-13(19)6-4-12)24-26-18(15)22-9-21-17/h3-6,9H,7-8H2,1-2H3,(H,20,21,22). The van der Waals surface area contributed by atoms with Gasteiger partial charge in [0, 0.05) is 22.7 Å². The maximum Gasteiger partial charge on any atom is 0.263 e. The molecule has 1 N–H and O–H groups in total. The van der Waals surface area contributed by atoms with Crippen molar-refractivity contribution in [3.63, 3.8) is 0 Å². The molecule has 0 bridgehead atoms. The molecule has 8 heteroatoms. The van der Waals surface area contributed by atoms with E-state index in [4.69, 9.17) is 20.6 Å². The molecule has 0 amide bonds. The first-order chi connectivity index (χ1) is 12.6. The molecule has 0 fully saturated rings. The topological polar surface area (TPSA) is 89.9 Å². The van der Waals surface area contributed by atoms with E-state index in [1.165, 1.54) is 6.33 Å². The molecular formula is C18H16ClN5O2. The number of halogens is 1. The molecule has 4 aromatic rings. The highest BCUT2D eigenvalue weighted by atomic mass is 35.5. The minimum Gasteiger partial charge on any atom is -0.369 e. The number of rotatable bonds is 5. The van der Waals surface area contributed by atoms with Crippen LogP contribution in [0.2, 0.25) is 5.02 Å². The zero-order chi connectivity index (χ0) is 18.1. The lowest BCUT2D eigenvalue weighted by Gasteiger charge is -2.07. The molecule has 132 valence electrons. The van der Waals surface area contributed by atoms with E-state index in [0.29, 0.717) is 28.8 Å². The van der Waals surface area contributed by atoms with Crippen molar-refractivity contribution < 1.29 is 9.05 Å². The number of aryl methyl sites for hydroxylation is 2. The van der Waals surface area contributed by atoms with Gasteiger partial charge in [0.15, 0.2) is 0 Å². The van der Waals surface area contributed by atoms with Crippen LogP contribution in [0.3, 0.4) is 0 Å². The lowest BCUT2D eigenvalue weighted by Crippen LogP contribution is -2.08. The van der Waals surface area contributed by atoms with Crippen molar-refractivity contribution >= 4 is 28.5 Å². The van der Waals surface area contributed by atoms with Gasteiger partial charge in [-0.25, -0.2) is 4.98 Å². The molecule has 0 saturated heterocycles. The molecule has 0 unspecified atom stereocenters. The van der Waals surface area contributed by atoms with Gasteiger partial charge >= 0.3 is 0 Å². The van der Waals surface area contributed by atoms with E-state index in [-0.39, 0.29) is 0 Å². The van der Waals surface area contributed by atoms with Crippen molar-refractivity contribution in [2.24, 2.45) is 0 Å². The predicted octanol–water partition coefficient (Wildman–Crippen LogP) is 4.20. The Hall–Kier alpha value is -2.93. The summed E-state index contributed by atoms with van der Waals surface area (Å²) in [6, 6.07) is 7.40. The van der Waals surface area contributed by atoms with Gasteiger partial charge in [0.1, 0.15) is 29.0 Å². The van der Waals surface area contributed by atoms with Crippen LogP contribution in [0.1, 0.15) is 17.0 Å². The maximum absolute atomic E-state index is 5.97. The lowest BCUT2D eigenvalue weighted by atomic mass is 10.1. The highest BCUT2D eigenvalue weighted by Crippen LogP contribution is 2.31. The van der Waals surface area contributed by atoms with Gasteiger partial charge < -0.3 is 14.4 Å². The number of hydrogen-bond acceptors (Lipinski definition) is 7. The van der Waals surface area contributed by atoms with Crippen molar-refractivity contribution in [1.82, 2.24) is 20.3 Å². The van der Waals surface area contributed by atoms with Crippen molar-refractivity contribution in [3.05, 3.63) is 52.6 Å².